The number of aliphatic carboxylic acids is 2. The SMILES string of the molecule is CC(C)[C@@]1(C(=O)O)CC[C@H](c2nc(Br)c3c(N)ncc(Cl)n23)C1.CC(C)[C@]1(C(=O)O)CC[C@@H](c2nc(Br)c3c(N)ncc(Cl)n23)C1. The van der Waals surface area contributed by atoms with Gasteiger partial charge in [-0.15, -0.1) is 0 Å². The number of imidazole rings is 2. The molecule has 6 rings (SSSR count). The fourth-order valence-corrected chi connectivity index (χ4v) is 8.81. The molecule has 0 radical (unpaired) electrons. The fraction of sp³-hybridized carbons (Fsp3) is 0.533. The van der Waals surface area contributed by atoms with Crippen LogP contribution in [-0.4, -0.2) is 50.9 Å². The molecule has 4 atom stereocenters. The Morgan fingerprint density at radius 1 is 0.804 bits per heavy atom. The number of carboxylic acids is 2. The van der Waals surface area contributed by atoms with Crippen LogP contribution >= 0.6 is 55.1 Å². The van der Waals surface area contributed by atoms with Crippen molar-refractivity contribution in [2.24, 2.45) is 22.7 Å². The molecule has 2 aliphatic carbocycles. The standard InChI is InChI=1S/2C15H18BrClN4O2/c2*1-7(2)15(14(22)23)4-3-8(5-15)13-20-11(16)10-12(18)19-6-9(17)21(10)13/h2*6-8H,3-5H2,1-2H3,(H2,18,19)(H,22,23)/t2*8-,15+/m10/s1. The maximum atomic E-state index is 11.8. The summed E-state index contributed by atoms with van der Waals surface area (Å²) in [6.07, 6.45) is 6.86. The highest BCUT2D eigenvalue weighted by Crippen LogP contribution is 2.53. The maximum absolute atomic E-state index is 11.8. The number of nitrogens with zero attached hydrogens (tertiary/aromatic N) is 6. The topological polar surface area (TPSA) is 187 Å². The Hall–Kier alpha value is -2.68. The zero-order valence-electron chi connectivity index (χ0n) is 25.8. The summed E-state index contributed by atoms with van der Waals surface area (Å²) in [5.41, 5.74) is 11.7. The number of rotatable bonds is 6. The number of carbonyl (C=O) groups is 2. The predicted molar refractivity (Wildman–Crippen MR) is 183 cm³/mol. The van der Waals surface area contributed by atoms with E-state index in [1.807, 2.05) is 27.7 Å². The Kier molecular flexibility index (Phi) is 9.59. The zero-order valence-corrected chi connectivity index (χ0v) is 30.5. The lowest BCUT2D eigenvalue weighted by Crippen LogP contribution is -2.33. The first-order valence-corrected chi connectivity index (χ1v) is 17.3. The van der Waals surface area contributed by atoms with Gasteiger partial charge in [0.2, 0.25) is 0 Å². The van der Waals surface area contributed by atoms with Gasteiger partial charge >= 0.3 is 11.9 Å². The van der Waals surface area contributed by atoms with Crippen molar-refractivity contribution in [2.45, 2.75) is 78.1 Å². The quantitative estimate of drug-likeness (QED) is 0.153. The highest BCUT2D eigenvalue weighted by atomic mass is 79.9. The van der Waals surface area contributed by atoms with E-state index < -0.39 is 22.8 Å². The minimum atomic E-state index is -0.734. The molecule has 4 heterocycles. The van der Waals surface area contributed by atoms with Crippen molar-refractivity contribution < 1.29 is 19.8 Å². The van der Waals surface area contributed by atoms with Crippen molar-refractivity contribution in [1.82, 2.24) is 28.7 Å². The molecule has 2 fully saturated rings. The lowest BCUT2D eigenvalue weighted by molar-refractivity contribution is -0.152. The van der Waals surface area contributed by atoms with E-state index in [0.29, 0.717) is 67.9 Å². The molecule has 0 unspecified atom stereocenters. The van der Waals surface area contributed by atoms with E-state index in [1.165, 1.54) is 12.4 Å². The van der Waals surface area contributed by atoms with Gasteiger partial charge < -0.3 is 21.7 Å². The van der Waals surface area contributed by atoms with Crippen LogP contribution in [0.4, 0.5) is 11.6 Å². The summed E-state index contributed by atoms with van der Waals surface area (Å²) in [4.78, 5) is 40.9. The van der Waals surface area contributed by atoms with Gasteiger partial charge in [0.25, 0.3) is 0 Å². The summed E-state index contributed by atoms with van der Waals surface area (Å²) in [5, 5.41) is 20.3. The Labute approximate surface area is 292 Å². The van der Waals surface area contributed by atoms with Crippen LogP contribution in [0.2, 0.25) is 10.3 Å². The van der Waals surface area contributed by atoms with E-state index in [0.717, 1.165) is 24.5 Å². The summed E-state index contributed by atoms with van der Waals surface area (Å²) in [7, 11) is 0. The molecular formula is C30H36Br2Cl2N8O4. The molecule has 0 amide bonds. The summed E-state index contributed by atoms with van der Waals surface area (Å²) in [6, 6.07) is 0. The van der Waals surface area contributed by atoms with Gasteiger partial charge in [-0.05, 0) is 82.2 Å². The number of nitrogens with two attached hydrogens (primary N) is 2. The van der Waals surface area contributed by atoms with Crippen molar-refractivity contribution in [3.05, 3.63) is 43.6 Å². The lowest BCUT2D eigenvalue weighted by atomic mass is 9.75. The van der Waals surface area contributed by atoms with E-state index in [1.54, 1.807) is 8.80 Å². The molecule has 4 aromatic rings. The third-order valence-corrected chi connectivity index (χ3v) is 11.8. The summed E-state index contributed by atoms with van der Waals surface area (Å²) >= 11 is 19.4. The Balaban J connectivity index is 0.000000181. The van der Waals surface area contributed by atoms with Gasteiger partial charge in [0.1, 0.15) is 42.2 Å². The summed E-state index contributed by atoms with van der Waals surface area (Å²) in [6.45, 7) is 7.85. The monoisotopic (exact) mass is 800 g/mol. The second-order valence-corrected chi connectivity index (χ2v) is 15.2. The molecule has 0 bridgehead atoms. The number of aromatic nitrogens is 6. The van der Waals surface area contributed by atoms with Crippen LogP contribution in [0.1, 0.15) is 89.7 Å². The normalized spacial score (nSPS) is 24.7. The first-order valence-electron chi connectivity index (χ1n) is 15.0. The first-order chi connectivity index (χ1) is 21.6. The van der Waals surface area contributed by atoms with E-state index in [2.05, 4.69) is 51.8 Å². The van der Waals surface area contributed by atoms with Crippen molar-refractivity contribution in [3.63, 3.8) is 0 Å². The van der Waals surface area contributed by atoms with Gasteiger partial charge in [-0.3, -0.25) is 18.4 Å². The molecule has 12 nitrogen and oxygen atoms in total. The van der Waals surface area contributed by atoms with Crippen LogP contribution in [0.15, 0.2) is 21.6 Å². The van der Waals surface area contributed by atoms with E-state index >= 15 is 0 Å². The summed E-state index contributed by atoms with van der Waals surface area (Å²) in [5.74, 6) is 0.855. The molecule has 2 aliphatic rings. The van der Waals surface area contributed by atoms with Crippen LogP contribution in [-0.2, 0) is 9.59 Å². The molecule has 248 valence electrons. The lowest BCUT2D eigenvalue weighted by Gasteiger charge is -2.28. The van der Waals surface area contributed by atoms with Crippen LogP contribution in [0.25, 0.3) is 11.0 Å². The van der Waals surface area contributed by atoms with Crippen LogP contribution in [0, 0.1) is 22.7 Å². The molecule has 0 saturated heterocycles. The van der Waals surface area contributed by atoms with Crippen molar-refractivity contribution in [1.29, 1.82) is 0 Å². The number of hydrogen-bond donors (Lipinski definition) is 4. The third kappa shape index (κ3) is 5.62. The number of nitrogen functional groups attached to an aromatic ring is 2. The molecular weight excluding hydrogens is 767 g/mol. The molecule has 2 saturated carbocycles. The molecule has 6 N–H and O–H groups in total. The number of hydrogen-bond acceptors (Lipinski definition) is 8. The van der Waals surface area contributed by atoms with Gasteiger partial charge in [-0.25, -0.2) is 19.9 Å². The van der Waals surface area contributed by atoms with Crippen molar-refractivity contribution in [3.8, 4) is 0 Å². The third-order valence-electron chi connectivity index (χ3n) is 10.1. The van der Waals surface area contributed by atoms with Crippen LogP contribution in [0.5, 0.6) is 0 Å². The Bertz CT molecular complexity index is 1710. The van der Waals surface area contributed by atoms with E-state index in [-0.39, 0.29) is 23.7 Å². The molecule has 16 heteroatoms. The van der Waals surface area contributed by atoms with Gasteiger partial charge in [0.05, 0.1) is 23.2 Å². The van der Waals surface area contributed by atoms with Crippen LogP contribution < -0.4 is 11.5 Å². The number of carboxylic acid groups (broad SMARTS) is 2. The minimum absolute atomic E-state index is 0.0200. The van der Waals surface area contributed by atoms with Gasteiger partial charge in [0, 0.05) is 11.8 Å². The minimum Gasteiger partial charge on any atom is -0.481 e. The van der Waals surface area contributed by atoms with E-state index in [4.69, 9.17) is 34.7 Å². The fourth-order valence-electron chi connectivity index (χ4n) is 7.25. The van der Waals surface area contributed by atoms with Gasteiger partial charge in [-0.2, -0.15) is 0 Å². The smallest absolute Gasteiger partial charge is 0.309 e. The molecule has 0 spiro atoms. The molecule has 0 aromatic carbocycles. The second-order valence-electron chi connectivity index (χ2n) is 12.9. The Morgan fingerprint density at radius 3 is 1.43 bits per heavy atom. The summed E-state index contributed by atoms with van der Waals surface area (Å²) < 4.78 is 4.71. The van der Waals surface area contributed by atoms with Crippen molar-refractivity contribution in [2.75, 3.05) is 11.5 Å². The highest BCUT2D eigenvalue weighted by Gasteiger charge is 2.50. The predicted octanol–water partition coefficient (Wildman–Crippen LogP) is 7.44. The highest BCUT2D eigenvalue weighted by molar-refractivity contribution is 9.10. The van der Waals surface area contributed by atoms with E-state index in [9.17, 15) is 19.8 Å². The average molecular weight is 803 g/mol. The Morgan fingerprint density at radius 2 is 1.15 bits per heavy atom. The van der Waals surface area contributed by atoms with Crippen LogP contribution in [0.3, 0.4) is 0 Å². The molecule has 46 heavy (non-hydrogen) atoms. The second kappa shape index (κ2) is 12.7. The molecule has 4 aromatic heterocycles. The zero-order chi connectivity index (χ0) is 33.9. The number of fused-ring (bicyclic) bond motifs is 2. The number of halogens is 4. The molecule has 0 aliphatic heterocycles. The number of anilines is 2. The maximum Gasteiger partial charge on any atom is 0.309 e. The largest absolute Gasteiger partial charge is 0.481 e. The van der Waals surface area contributed by atoms with Gasteiger partial charge in [0.15, 0.2) is 11.6 Å². The van der Waals surface area contributed by atoms with Gasteiger partial charge in [-0.1, -0.05) is 50.9 Å². The average Bonchev–Trinajstić information content (AvgIpc) is 3.77. The van der Waals surface area contributed by atoms with Crippen molar-refractivity contribution >= 4 is 89.7 Å². The first kappa shape index (κ1) is 34.6.